The third-order valence-corrected chi connectivity index (χ3v) is 6.83. The Morgan fingerprint density at radius 2 is 1.71 bits per heavy atom. The van der Waals surface area contributed by atoms with E-state index in [9.17, 15) is 13.0 Å². The fourth-order valence-electron chi connectivity index (χ4n) is 4.09. The van der Waals surface area contributed by atoms with Gasteiger partial charge in [-0.3, -0.25) is 9.54 Å². The number of fused-ring (bicyclic) bond motifs is 2. The molecule has 1 aliphatic rings. The van der Waals surface area contributed by atoms with Gasteiger partial charge in [-0.1, -0.05) is 51.1 Å². The van der Waals surface area contributed by atoms with Gasteiger partial charge in [-0.25, -0.2) is 0 Å². The lowest BCUT2D eigenvalue weighted by atomic mass is 9.98. The van der Waals surface area contributed by atoms with Crippen molar-refractivity contribution < 1.29 is 17.7 Å². The van der Waals surface area contributed by atoms with Crippen LogP contribution in [-0.2, 0) is 23.0 Å². The number of aromatic nitrogens is 1. The molecule has 2 heterocycles. The molecule has 0 aliphatic carbocycles. The molecule has 1 aromatic heterocycles. The molecule has 1 N–H and O–H groups in total. The fraction of sp³-hybridized carbons (Fsp3) is 0.292. The van der Waals surface area contributed by atoms with Crippen molar-refractivity contribution >= 4 is 21.5 Å². The maximum Gasteiger partial charge on any atom is 0.286 e. The van der Waals surface area contributed by atoms with Crippen LogP contribution in [0.3, 0.4) is 0 Å². The zero-order valence-electron chi connectivity index (χ0n) is 17.9. The van der Waals surface area contributed by atoms with Crippen LogP contribution in [0.25, 0.3) is 11.3 Å². The zero-order chi connectivity index (χ0) is 22.2. The van der Waals surface area contributed by atoms with Gasteiger partial charge in [0.1, 0.15) is 0 Å². The van der Waals surface area contributed by atoms with Gasteiger partial charge in [0.15, 0.2) is 16.9 Å². The number of pyridine rings is 1. The lowest BCUT2D eigenvalue weighted by molar-refractivity contribution is 0.452. The predicted octanol–water partition coefficient (Wildman–Crippen LogP) is 5.74. The van der Waals surface area contributed by atoms with E-state index in [4.69, 9.17) is 9.72 Å². The number of hydrogen-bond donors (Lipinski definition) is 1. The molecule has 0 fully saturated rings. The molecule has 0 radical (unpaired) electrons. The third kappa shape index (κ3) is 3.79. The van der Waals surface area contributed by atoms with Crippen LogP contribution in [0.1, 0.15) is 38.4 Å². The quantitative estimate of drug-likeness (QED) is 0.494. The van der Waals surface area contributed by atoms with Crippen LogP contribution in [0.2, 0.25) is 0 Å². The number of benzene rings is 2. The normalized spacial score (nSPS) is 13.9. The molecule has 0 bridgehead atoms. The molecule has 0 amide bonds. The van der Waals surface area contributed by atoms with Crippen molar-refractivity contribution in [2.75, 3.05) is 4.90 Å². The molecule has 1 atom stereocenters. The van der Waals surface area contributed by atoms with Gasteiger partial charge in [-0.15, -0.1) is 0 Å². The molecule has 0 saturated carbocycles. The molecule has 4 rings (SSSR count). The van der Waals surface area contributed by atoms with Gasteiger partial charge in [0.05, 0.1) is 17.1 Å². The molecule has 6 nitrogen and oxygen atoms in total. The molecule has 31 heavy (non-hydrogen) atoms. The Hall–Kier alpha value is -2.90. The Balaban J connectivity index is 2.04. The largest absolute Gasteiger partial charge is 0.453 e. The smallest absolute Gasteiger partial charge is 0.286 e. The van der Waals surface area contributed by atoms with Crippen molar-refractivity contribution in [2.24, 2.45) is 0 Å². The summed E-state index contributed by atoms with van der Waals surface area (Å²) in [5.74, 6) is 1.07. The molecule has 0 spiro atoms. The van der Waals surface area contributed by atoms with Crippen molar-refractivity contribution in [3.63, 3.8) is 0 Å². The highest BCUT2D eigenvalue weighted by Gasteiger charge is 2.37. The third-order valence-electron chi connectivity index (χ3n) is 5.60. The van der Waals surface area contributed by atoms with Crippen LogP contribution in [0.4, 0.5) is 11.4 Å². The van der Waals surface area contributed by atoms with Gasteiger partial charge in [0, 0.05) is 11.3 Å². The topological polar surface area (TPSA) is 79.7 Å². The molecule has 3 aromatic rings. The van der Waals surface area contributed by atoms with E-state index in [1.165, 1.54) is 0 Å². The van der Waals surface area contributed by atoms with Crippen molar-refractivity contribution in [3.05, 3.63) is 65.9 Å². The SMILES string of the molecule is CCc1ccc(CC)c(-c2cccc3c2N(C(CC)S(=O)(=O)O)c2ccccc2O3)n1. The van der Waals surface area contributed by atoms with Crippen LogP contribution in [0.15, 0.2) is 54.6 Å². The van der Waals surface area contributed by atoms with Crippen LogP contribution in [0.5, 0.6) is 11.5 Å². The average Bonchev–Trinajstić information content (AvgIpc) is 2.77. The summed E-state index contributed by atoms with van der Waals surface area (Å²) < 4.78 is 41.1. The minimum atomic E-state index is -4.38. The van der Waals surface area contributed by atoms with Gasteiger partial charge in [-0.2, -0.15) is 8.42 Å². The lowest BCUT2D eigenvalue weighted by Crippen LogP contribution is -2.39. The molecular formula is C24H26N2O4S. The Morgan fingerprint density at radius 1 is 0.968 bits per heavy atom. The second-order valence-electron chi connectivity index (χ2n) is 7.49. The van der Waals surface area contributed by atoms with E-state index >= 15 is 0 Å². The van der Waals surface area contributed by atoms with Crippen molar-refractivity contribution in [1.29, 1.82) is 0 Å². The first-order valence-corrected chi connectivity index (χ1v) is 12.0. The van der Waals surface area contributed by atoms with Gasteiger partial charge in [-0.05, 0) is 49.1 Å². The van der Waals surface area contributed by atoms with E-state index in [1.54, 1.807) is 24.0 Å². The van der Waals surface area contributed by atoms with Gasteiger partial charge in [0.25, 0.3) is 10.1 Å². The molecule has 0 saturated heterocycles. The Bertz CT molecular complexity index is 1220. The van der Waals surface area contributed by atoms with E-state index in [-0.39, 0.29) is 6.42 Å². The highest BCUT2D eigenvalue weighted by atomic mass is 32.2. The van der Waals surface area contributed by atoms with E-state index in [0.29, 0.717) is 22.9 Å². The van der Waals surface area contributed by atoms with Crippen LogP contribution < -0.4 is 9.64 Å². The molecule has 1 aliphatic heterocycles. The van der Waals surface area contributed by atoms with Crippen LogP contribution in [-0.4, -0.2) is 23.3 Å². The number of aryl methyl sites for hydroxylation is 2. The summed E-state index contributed by atoms with van der Waals surface area (Å²) in [5.41, 5.74) is 4.79. The Labute approximate surface area is 183 Å². The first-order valence-electron chi connectivity index (χ1n) is 10.5. The zero-order valence-corrected chi connectivity index (χ0v) is 18.7. The maximum atomic E-state index is 12.4. The average molecular weight is 439 g/mol. The number of hydrogen-bond acceptors (Lipinski definition) is 5. The Morgan fingerprint density at radius 3 is 2.39 bits per heavy atom. The minimum absolute atomic E-state index is 0.198. The van der Waals surface area contributed by atoms with E-state index in [2.05, 4.69) is 19.9 Å². The van der Waals surface area contributed by atoms with E-state index < -0.39 is 15.5 Å². The number of ether oxygens (including phenoxy) is 1. The highest BCUT2D eigenvalue weighted by molar-refractivity contribution is 7.86. The number of anilines is 2. The second-order valence-corrected chi connectivity index (χ2v) is 9.06. The molecule has 2 aromatic carbocycles. The van der Waals surface area contributed by atoms with Crippen LogP contribution in [0, 0.1) is 0 Å². The van der Waals surface area contributed by atoms with Gasteiger partial charge >= 0.3 is 0 Å². The minimum Gasteiger partial charge on any atom is -0.453 e. The summed E-state index contributed by atoms with van der Waals surface area (Å²) in [6.45, 7) is 5.86. The monoisotopic (exact) mass is 438 g/mol. The second kappa shape index (κ2) is 8.32. The summed E-state index contributed by atoms with van der Waals surface area (Å²) in [7, 11) is -4.38. The highest BCUT2D eigenvalue weighted by Crippen LogP contribution is 2.52. The van der Waals surface area contributed by atoms with E-state index in [1.807, 2.05) is 36.4 Å². The van der Waals surface area contributed by atoms with Crippen molar-refractivity contribution in [1.82, 2.24) is 4.98 Å². The summed E-state index contributed by atoms with van der Waals surface area (Å²) in [4.78, 5) is 6.56. The number of rotatable bonds is 6. The summed E-state index contributed by atoms with van der Waals surface area (Å²) in [5, 5.41) is -1.16. The van der Waals surface area contributed by atoms with E-state index in [0.717, 1.165) is 35.4 Å². The van der Waals surface area contributed by atoms with Crippen molar-refractivity contribution in [3.8, 4) is 22.8 Å². The number of nitrogens with zero attached hydrogens (tertiary/aromatic N) is 2. The van der Waals surface area contributed by atoms with Crippen molar-refractivity contribution in [2.45, 2.75) is 45.4 Å². The summed E-state index contributed by atoms with van der Waals surface area (Å²) >= 11 is 0. The first kappa shape index (κ1) is 21.3. The lowest BCUT2D eigenvalue weighted by Gasteiger charge is -2.38. The summed E-state index contributed by atoms with van der Waals surface area (Å²) in [6, 6.07) is 17.0. The Kier molecular flexibility index (Phi) is 5.73. The molecule has 162 valence electrons. The standard InChI is InChI=1S/C24H26N2O4S/c1-4-16-14-15-17(5-2)25-23(16)18-10-9-13-21-24(18)26(22(6-3)31(27,28)29)19-11-7-8-12-20(19)30-21/h7-15,22H,4-6H2,1-3H3,(H,27,28,29). The van der Waals surface area contributed by atoms with Gasteiger partial charge in [0.2, 0.25) is 0 Å². The summed E-state index contributed by atoms with van der Waals surface area (Å²) in [6.07, 6.45) is 1.77. The first-order chi connectivity index (χ1) is 14.9. The molecule has 1 unspecified atom stereocenters. The fourth-order valence-corrected chi connectivity index (χ4v) is 5.00. The van der Waals surface area contributed by atoms with Crippen LogP contribution >= 0.6 is 0 Å². The molecular weight excluding hydrogens is 412 g/mol. The maximum absolute atomic E-state index is 12.4. The number of para-hydroxylation sites is 3. The molecule has 7 heteroatoms. The predicted molar refractivity (Wildman–Crippen MR) is 123 cm³/mol. The van der Waals surface area contributed by atoms with Gasteiger partial charge < -0.3 is 9.64 Å².